The molecule has 0 aromatic heterocycles. The fraction of sp³-hybridized carbons (Fsp3) is 0.385. The van der Waals surface area contributed by atoms with Crippen LogP contribution in [0.3, 0.4) is 0 Å². The van der Waals surface area contributed by atoms with E-state index < -0.39 is 0 Å². The smallest absolute Gasteiger partial charge is 0.0639 e. The fourth-order valence-corrected chi connectivity index (χ4v) is 2.22. The van der Waals surface area contributed by atoms with Crippen molar-refractivity contribution in [3.63, 3.8) is 0 Å². The molecule has 0 aliphatic heterocycles. The molecule has 0 aliphatic rings. The molecule has 1 aromatic carbocycles. The molecule has 0 saturated heterocycles. The van der Waals surface area contributed by atoms with Gasteiger partial charge in [-0.3, -0.25) is 0 Å². The van der Waals surface area contributed by atoms with Gasteiger partial charge in [-0.25, -0.2) is 0 Å². The van der Waals surface area contributed by atoms with Gasteiger partial charge in [0.05, 0.1) is 10.0 Å². The number of rotatable bonds is 4. The van der Waals surface area contributed by atoms with Crippen LogP contribution in [0.1, 0.15) is 25.8 Å². The third kappa shape index (κ3) is 3.69. The first-order chi connectivity index (χ1) is 7.56. The molecule has 1 aromatic rings. The highest BCUT2D eigenvalue weighted by Gasteiger charge is 2.11. The van der Waals surface area contributed by atoms with Crippen molar-refractivity contribution in [2.45, 2.75) is 26.7 Å². The molecule has 88 valence electrons. The van der Waals surface area contributed by atoms with E-state index in [9.17, 15) is 0 Å². The molecule has 0 bridgehead atoms. The Morgan fingerprint density at radius 2 is 1.81 bits per heavy atom. The Labute approximate surface area is 112 Å². The van der Waals surface area contributed by atoms with E-state index in [0.717, 1.165) is 18.4 Å². The topological polar surface area (TPSA) is 0 Å². The maximum Gasteiger partial charge on any atom is 0.0639 e. The van der Waals surface area contributed by atoms with Gasteiger partial charge in [0.15, 0.2) is 0 Å². The average molecular weight is 278 g/mol. The highest BCUT2D eigenvalue weighted by Crippen LogP contribution is 2.33. The number of halogens is 3. The standard InChI is InChI=1S/C13H15Cl3/c1-3-4-5-9(2)8-10-11(14)6-7-12(15)13(10)16/h4-7,9H,3,8H2,1-2H3/b5-4-. The molecule has 0 radical (unpaired) electrons. The minimum Gasteiger partial charge on any atom is -0.0885 e. The first-order valence-electron chi connectivity index (χ1n) is 5.35. The highest BCUT2D eigenvalue weighted by atomic mass is 35.5. The van der Waals surface area contributed by atoms with Crippen LogP contribution in [-0.4, -0.2) is 0 Å². The first kappa shape index (κ1) is 13.9. The number of benzene rings is 1. The Bertz CT molecular complexity index is 383. The van der Waals surface area contributed by atoms with Gasteiger partial charge >= 0.3 is 0 Å². The van der Waals surface area contributed by atoms with Gasteiger partial charge in [-0.1, -0.05) is 60.8 Å². The number of hydrogen-bond donors (Lipinski definition) is 0. The lowest BCUT2D eigenvalue weighted by molar-refractivity contribution is 0.721. The lowest BCUT2D eigenvalue weighted by Crippen LogP contribution is -1.98. The Kier molecular flexibility index (Phi) is 5.68. The summed E-state index contributed by atoms with van der Waals surface area (Å²) >= 11 is 18.2. The molecule has 0 N–H and O–H groups in total. The quantitative estimate of drug-likeness (QED) is 0.482. The van der Waals surface area contributed by atoms with Crippen LogP contribution in [0.15, 0.2) is 24.3 Å². The van der Waals surface area contributed by atoms with Gasteiger partial charge in [-0.2, -0.15) is 0 Å². The Morgan fingerprint density at radius 3 is 2.44 bits per heavy atom. The van der Waals surface area contributed by atoms with Gasteiger partial charge in [-0.15, -0.1) is 0 Å². The second-order valence-corrected chi connectivity index (χ2v) is 5.03. The second kappa shape index (κ2) is 6.54. The first-order valence-corrected chi connectivity index (χ1v) is 6.48. The lowest BCUT2D eigenvalue weighted by Gasteiger charge is -2.11. The number of allylic oxidation sites excluding steroid dienone is 2. The van der Waals surface area contributed by atoms with Gasteiger partial charge in [0.1, 0.15) is 0 Å². The summed E-state index contributed by atoms with van der Waals surface area (Å²) in [4.78, 5) is 0. The normalized spacial score (nSPS) is 13.3. The van der Waals surface area contributed by atoms with Crippen molar-refractivity contribution < 1.29 is 0 Å². The molecular weight excluding hydrogens is 263 g/mol. The van der Waals surface area contributed by atoms with Crippen molar-refractivity contribution in [1.29, 1.82) is 0 Å². The van der Waals surface area contributed by atoms with E-state index in [1.165, 1.54) is 0 Å². The van der Waals surface area contributed by atoms with E-state index in [2.05, 4.69) is 26.0 Å². The minimum atomic E-state index is 0.411. The minimum absolute atomic E-state index is 0.411. The van der Waals surface area contributed by atoms with Gasteiger partial charge in [0.2, 0.25) is 0 Å². The van der Waals surface area contributed by atoms with Crippen LogP contribution in [0.25, 0.3) is 0 Å². The maximum atomic E-state index is 6.14. The third-order valence-corrected chi connectivity index (χ3v) is 3.56. The van der Waals surface area contributed by atoms with Crippen molar-refractivity contribution in [3.05, 3.63) is 44.9 Å². The molecular formula is C13H15Cl3. The van der Waals surface area contributed by atoms with Crippen LogP contribution < -0.4 is 0 Å². The molecule has 3 heteroatoms. The Balaban J connectivity index is 2.88. The van der Waals surface area contributed by atoms with Crippen LogP contribution in [0, 0.1) is 5.92 Å². The van der Waals surface area contributed by atoms with E-state index in [1.54, 1.807) is 12.1 Å². The molecule has 0 spiro atoms. The molecule has 1 atom stereocenters. The zero-order valence-corrected chi connectivity index (χ0v) is 11.7. The fourth-order valence-electron chi connectivity index (χ4n) is 1.51. The maximum absolute atomic E-state index is 6.14. The van der Waals surface area contributed by atoms with E-state index >= 15 is 0 Å². The molecule has 0 heterocycles. The Hall–Kier alpha value is -0.170. The van der Waals surface area contributed by atoms with E-state index in [0.29, 0.717) is 21.0 Å². The van der Waals surface area contributed by atoms with Crippen LogP contribution in [0.2, 0.25) is 15.1 Å². The average Bonchev–Trinajstić information content (AvgIpc) is 2.27. The molecule has 1 rings (SSSR count). The van der Waals surface area contributed by atoms with Gasteiger partial charge < -0.3 is 0 Å². The van der Waals surface area contributed by atoms with Crippen LogP contribution in [-0.2, 0) is 6.42 Å². The summed E-state index contributed by atoms with van der Waals surface area (Å²) in [6, 6.07) is 3.52. The SMILES string of the molecule is CC/C=C\C(C)Cc1c(Cl)ccc(Cl)c1Cl. The van der Waals surface area contributed by atoms with Crippen LogP contribution in [0.5, 0.6) is 0 Å². The summed E-state index contributed by atoms with van der Waals surface area (Å²) in [6.07, 6.45) is 6.18. The zero-order chi connectivity index (χ0) is 12.1. The van der Waals surface area contributed by atoms with Gasteiger partial charge in [-0.05, 0) is 36.5 Å². The van der Waals surface area contributed by atoms with Crippen molar-refractivity contribution in [1.82, 2.24) is 0 Å². The van der Waals surface area contributed by atoms with E-state index in [1.807, 2.05) is 0 Å². The monoisotopic (exact) mass is 276 g/mol. The van der Waals surface area contributed by atoms with Gasteiger partial charge in [0, 0.05) is 5.02 Å². The van der Waals surface area contributed by atoms with E-state index in [-0.39, 0.29) is 0 Å². The molecule has 16 heavy (non-hydrogen) atoms. The lowest BCUT2D eigenvalue weighted by atomic mass is 10.0. The molecule has 0 amide bonds. The molecule has 0 aliphatic carbocycles. The molecule has 0 fully saturated rings. The summed E-state index contributed by atoms with van der Waals surface area (Å²) in [7, 11) is 0. The van der Waals surface area contributed by atoms with Crippen molar-refractivity contribution in [2.24, 2.45) is 5.92 Å². The third-order valence-electron chi connectivity index (χ3n) is 2.37. The zero-order valence-electron chi connectivity index (χ0n) is 9.43. The largest absolute Gasteiger partial charge is 0.0885 e. The van der Waals surface area contributed by atoms with Crippen molar-refractivity contribution >= 4 is 34.8 Å². The molecule has 0 saturated carbocycles. The predicted octanol–water partition coefficient (Wildman–Crippen LogP) is 5.79. The molecule has 1 unspecified atom stereocenters. The van der Waals surface area contributed by atoms with Gasteiger partial charge in [0.25, 0.3) is 0 Å². The predicted molar refractivity (Wildman–Crippen MR) is 73.8 cm³/mol. The van der Waals surface area contributed by atoms with Crippen molar-refractivity contribution in [2.75, 3.05) is 0 Å². The van der Waals surface area contributed by atoms with Crippen molar-refractivity contribution in [3.8, 4) is 0 Å². The summed E-state index contributed by atoms with van der Waals surface area (Å²) < 4.78 is 0. The van der Waals surface area contributed by atoms with Crippen LogP contribution >= 0.6 is 34.8 Å². The number of hydrogen-bond acceptors (Lipinski definition) is 0. The summed E-state index contributed by atoms with van der Waals surface area (Å²) in [5.74, 6) is 0.411. The van der Waals surface area contributed by atoms with E-state index in [4.69, 9.17) is 34.8 Å². The second-order valence-electron chi connectivity index (χ2n) is 3.84. The summed E-state index contributed by atoms with van der Waals surface area (Å²) in [6.45, 7) is 4.25. The summed E-state index contributed by atoms with van der Waals surface area (Å²) in [5.41, 5.74) is 0.934. The molecule has 0 nitrogen and oxygen atoms in total. The van der Waals surface area contributed by atoms with Crippen LogP contribution in [0.4, 0.5) is 0 Å². The highest BCUT2D eigenvalue weighted by molar-refractivity contribution is 6.44. The Morgan fingerprint density at radius 1 is 1.19 bits per heavy atom. The summed E-state index contributed by atoms with van der Waals surface area (Å²) in [5, 5.41) is 1.82.